The van der Waals surface area contributed by atoms with Crippen molar-refractivity contribution in [2.24, 2.45) is 0 Å². The standard InChI is InChI=1S/C16H25N3O2S/c1-11(2)19-10-9-14(20)18-16(19)22-12(3)15(21)17-13-7-5-4-6-8-13/h9-13H,4-8H2,1-3H3,(H,17,21)/t12-/m1/s1. The summed E-state index contributed by atoms with van der Waals surface area (Å²) in [4.78, 5) is 27.9. The molecule has 2 rings (SSSR count). The molecule has 1 aromatic rings. The number of carbonyl (C=O) groups is 1. The minimum atomic E-state index is -0.265. The average Bonchev–Trinajstić information content (AvgIpc) is 2.48. The van der Waals surface area contributed by atoms with Crippen molar-refractivity contribution < 1.29 is 4.79 Å². The van der Waals surface area contributed by atoms with Crippen LogP contribution in [0, 0.1) is 0 Å². The molecule has 1 N–H and O–H groups in total. The van der Waals surface area contributed by atoms with Gasteiger partial charge in [-0.3, -0.25) is 9.59 Å². The lowest BCUT2D eigenvalue weighted by atomic mass is 9.95. The molecule has 1 aliphatic rings. The third-order valence-corrected chi connectivity index (χ3v) is 5.04. The summed E-state index contributed by atoms with van der Waals surface area (Å²) in [5, 5.41) is 3.47. The Morgan fingerprint density at radius 1 is 1.32 bits per heavy atom. The second-order valence-corrected chi connectivity index (χ2v) is 7.46. The number of amides is 1. The van der Waals surface area contributed by atoms with Crippen LogP contribution in [0.5, 0.6) is 0 Å². The van der Waals surface area contributed by atoms with Crippen LogP contribution in [0.3, 0.4) is 0 Å². The highest BCUT2D eigenvalue weighted by molar-refractivity contribution is 8.00. The van der Waals surface area contributed by atoms with Gasteiger partial charge >= 0.3 is 0 Å². The second-order valence-electron chi connectivity index (χ2n) is 6.15. The summed E-state index contributed by atoms with van der Waals surface area (Å²) in [6.45, 7) is 5.93. The molecule has 1 saturated carbocycles. The van der Waals surface area contributed by atoms with E-state index in [0.717, 1.165) is 12.8 Å². The Kier molecular flexibility index (Phi) is 6.06. The van der Waals surface area contributed by atoms with Crippen molar-refractivity contribution in [3.8, 4) is 0 Å². The number of hydrogen-bond donors (Lipinski definition) is 1. The van der Waals surface area contributed by atoms with Crippen molar-refractivity contribution in [2.75, 3.05) is 0 Å². The summed E-state index contributed by atoms with van der Waals surface area (Å²) in [5.74, 6) is 0.0327. The fourth-order valence-corrected chi connectivity index (χ4v) is 3.68. The zero-order valence-electron chi connectivity index (χ0n) is 13.5. The highest BCUT2D eigenvalue weighted by atomic mass is 32.2. The highest BCUT2D eigenvalue weighted by Gasteiger charge is 2.22. The van der Waals surface area contributed by atoms with Crippen LogP contribution < -0.4 is 10.9 Å². The largest absolute Gasteiger partial charge is 0.352 e. The van der Waals surface area contributed by atoms with Crippen LogP contribution >= 0.6 is 11.8 Å². The summed E-state index contributed by atoms with van der Waals surface area (Å²) in [5.41, 5.74) is -0.265. The normalized spacial score (nSPS) is 17.5. The summed E-state index contributed by atoms with van der Waals surface area (Å²) in [7, 11) is 0. The Hall–Kier alpha value is -1.30. The number of rotatable bonds is 5. The first-order chi connectivity index (χ1) is 10.5. The molecule has 1 atom stereocenters. The number of thioether (sulfide) groups is 1. The predicted octanol–water partition coefficient (Wildman–Crippen LogP) is 2.75. The van der Waals surface area contributed by atoms with Gasteiger partial charge in [-0.05, 0) is 33.6 Å². The van der Waals surface area contributed by atoms with E-state index in [0.29, 0.717) is 11.2 Å². The molecule has 5 nitrogen and oxygen atoms in total. The Morgan fingerprint density at radius 2 is 2.00 bits per heavy atom. The molecular weight excluding hydrogens is 298 g/mol. The van der Waals surface area contributed by atoms with Gasteiger partial charge in [0.2, 0.25) is 5.91 Å². The molecule has 0 spiro atoms. The smallest absolute Gasteiger partial charge is 0.273 e. The van der Waals surface area contributed by atoms with Crippen molar-refractivity contribution in [2.45, 2.75) is 75.4 Å². The van der Waals surface area contributed by atoms with E-state index >= 15 is 0 Å². The molecule has 122 valence electrons. The molecule has 1 aliphatic carbocycles. The SMILES string of the molecule is CC(C)n1ccc(=O)nc1S[C@H](C)C(=O)NC1CCCCC1. The van der Waals surface area contributed by atoms with Gasteiger partial charge in [-0.25, -0.2) is 0 Å². The van der Waals surface area contributed by atoms with Crippen LogP contribution in [0.25, 0.3) is 0 Å². The van der Waals surface area contributed by atoms with Gasteiger partial charge in [0.25, 0.3) is 5.56 Å². The van der Waals surface area contributed by atoms with E-state index in [9.17, 15) is 9.59 Å². The molecule has 1 aromatic heterocycles. The summed E-state index contributed by atoms with van der Waals surface area (Å²) in [6.07, 6.45) is 7.55. The van der Waals surface area contributed by atoms with Crippen molar-refractivity contribution in [3.05, 3.63) is 22.6 Å². The monoisotopic (exact) mass is 323 g/mol. The Balaban J connectivity index is 2.01. The number of hydrogen-bond acceptors (Lipinski definition) is 4. The maximum Gasteiger partial charge on any atom is 0.273 e. The molecule has 22 heavy (non-hydrogen) atoms. The van der Waals surface area contributed by atoms with Crippen molar-refractivity contribution in [1.82, 2.24) is 14.9 Å². The van der Waals surface area contributed by atoms with E-state index in [4.69, 9.17) is 0 Å². The molecule has 1 heterocycles. The molecule has 0 aliphatic heterocycles. The maximum absolute atomic E-state index is 12.3. The van der Waals surface area contributed by atoms with Crippen LogP contribution in [0.1, 0.15) is 58.9 Å². The topological polar surface area (TPSA) is 64.0 Å². The van der Waals surface area contributed by atoms with Crippen molar-refractivity contribution in [1.29, 1.82) is 0 Å². The average molecular weight is 323 g/mol. The van der Waals surface area contributed by atoms with Crippen LogP contribution in [0.2, 0.25) is 0 Å². The van der Waals surface area contributed by atoms with Gasteiger partial charge < -0.3 is 9.88 Å². The molecular formula is C16H25N3O2S. The van der Waals surface area contributed by atoms with E-state index in [1.54, 1.807) is 6.20 Å². The van der Waals surface area contributed by atoms with Gasteiger partial charge in [0.15, 0.2) is 5.16 Å². The van der Waals surface area contributed by atoms with Crippen LogP contribution in [-0.2, 0) is 4.79 Å². The van der Waals surface area contributed by atoms with Gasteiger partial charge in [0.1, 0.15) is 0 Å². The second kappa shape index (κ2) is 7.81. The number of nitrogens with zero attached hydrogens (tertiary/aromatic N) is 2. The molecule has 6 heteroatoms. The van der Waals surface area contributed by atoms with Gasteiger partial charge in [0, 0.05) is 24.3 Å². The third kappa shape index (κ3) is 4.60. The number of aromatic nitrogens is 2. The predicted molar refractivity (Wildman–Crippen MR) is 89.2 cm³/mol. The van der Waals surface area contributed by atoms with Gasteiger partial charge in [0.05, 0.1) is 5.25 Å². The van der Waals surface area contributed by atoms with Gasteiger partial charge in [-0.15, -0.1) is 0 Å². The Labute approximate surface area is 135 Å². The Bertz CT molecular complexity index is 565. The molecule has 1 fully saturated rings. The summed E-state index contributed by atoms with van der Waals surface area (Å²) in [6, 6.07) is 1.96. The Morgan fingerprint density at radius 3 is 2.64 bits per heavy atom. The summed E-state index contributed by atoms with van der Waals surface area (Å²) >= 11 is 1.35. The first kappa shape index (κ1) is 17.1. The van der Waals surface area contributed by atoms with E-state index < -0.39 is 0 Å². The van der Waals surface area contributed by atoms with Gasteiger partial charge in [-0.2, -0.15) is 4.98 Å². The van der Waals surface area contributed by atoms with E-state index in [2.05, 4.69) is 10.3 Å². The van der Waals surface area contributed by atoms with E-state index in [1.165, 1.54) is 37.1 Å². The number of nitrogens with one attached hydrogen (secondary N) is 1. The van der Waals surface area contributed by atoms with Crippen molar-refractivity contribution >= 4 is 17.7 Å². The van der Waals surface area contributed by atoms with Crippen molar-refractivity contribution in [3.63, 3.8) is 0 Å². The number of carbonyl (C=O) groups excluding carboxylic acids is 1. The molecule has 0 saturated heterocycles. The fraction of sp³-hybridized carbons (Fsp3) is 0.688. The minimum Gasteiger partial charge on any atom is -0.352 e. The van der Waals surface area contributed by atoms with Crippen LogP contribution in [0.4, 0.5) is 0 Å². The molecule has 0 unspecified atom stereocenters. The van der Waals surface area contributed by atoms with Crippen LogP contribution in [-0.4, -0.2) is 26.8 Å². The minimum absolute atomic E-state index is 0.0327. The molecule has 0 bridgehead atoms. The zero-order valence-corrected chi connectivity index (χ0v) is 14.4. The van der Waals surface area contributed by atoms with Gasteiger partial charge in [-0.1, -0.05) is 31.0 Å². The summed E-state index contributed by atoms with van der Waals surface area (Å²) < 4.78 is 1.93. The van der Waals surface area contributed by atoms with E-state index in [1.807, 2.05) is 25.3 Å². The quantitative estimate of drug-likeness (QED) is 0.668. The molecule has 0 radical (unpaired) electrons. The lowest BCUT2D eigenvalue weighted by Crippen LogP contribution is -2.40. The lowest BCUT2D eigenvalue weighted by Gasteiger charge is -2.24. The lowest BCUT2D eigenvalue weighted by molar-refractivity contribution is -0.121. The highest BCUT2D eigenvalue weighted by Crippen LogP contribution is 2.24. The molecule has 0 aromatic carbocycles. The van der Waals surface area contributed by atoms with E-state index in [-0.39, 0.29) is 22.8 Å². The maximum atomic E-state index is 12.3. The zero-order chi connectivity index (χ0) is 16.1. The van der Waals surface area contributed by atoms with Crippen LogP contribution in [0.15, 0.2) is 22.2 Å². The first-order valence-corrected chi connectivity index (χ1v) is 8.91. The molecule has 1 amide bonds. The fourth-order valence-electron chi connectivity index (χ4n) is 2.65. The first-order valence-electron chi connectivity index (χ1n) is 8.03. The third-order valence-electron chi connectivity index (χ3n) is 3.96.